The summed E-state index contributed by atoms with van der Waals surface area (Å²) in [4.78, 5) is 62.4. The minimum Gasteiger partial charge on any atom is -0.444 e. The fraction of sp³-hybridized carbons (Fsp3) is 0.483. The Kier molecular flexibility index (Phi) is 7.35. The maximum absolute atomic E-state index is 15.4. The van der Waals surface area contributed by atoms with E-state index in [0.717, 1.165) is 10.6 Å². The van der Waals surface area contributed by atoms with E-state index < -0.39 is 35.8 Å². The molecule has 4 aliphatic heterocycles. The van der Waals surface area contributed by atoms with Crippen molar-refractivity contribution < 1.29 is 33.0 Å². The van der Waals surface area contributed by atoms with Crippen molar-refractivity contribution >= 4 is 58.8 Å². The highest BCUT2D eigenvalue weighted by Gasteiger charge is 2.45. The number of nitrogens with zero attached hydrogens (tertiary/aromatic N) is 5. The highest BCUT2D eigenvalue weighted by Crippen LogP contribution is 2.48. The zero-order chi connectivity index (χ0) is 30.6. The average molecular weight is 613 g/mol. The van der Waals surface area contributed by atoms with Gasteiger partial charge in [-0.2, -0.15) is 0 Å². The van der Waals surface area contributed by atoms with Crippen LogP contribution in [0.15, 0.2) is 29.2 Å². The lowest BCUT2D eigenvalue weighted by Crippen LogP contribution is -2.45. The second-order valence-corrected chi connectivity index (χ2v) is 13.0. The number of hydrogen-bond donors (Lipinski definition) is 1. The van der Waals surface area contributed by atoms with Crippen LogP contribution in [-0.4, -0.2) is 84.6 Å². The van der Waals surface area contributed by atoms with E-state index in [1.54, 1.807) is 49.8 Å². The largest absolute Gasteiger partial charge is 0.444 e. The summed E-state index contributed by atoms with van der Waals surface area (Å²) in [6.07, 6.45) is -0.781. The molecule has 43 heavy (non-hydrogen) atoms. The number of ether oxygens (including phenoxy) is 2. The zero-order valence-electron chi connectivity index (χ0n) is 24.4. The van der Waals surface area contributed by atoms with Gasteiger partial charge in [0.05, 0.1) is 47.7 Å². The molecular weight excluding hydrogens is 579 g/mol. The predicted molar refractivity (Wildman–Crippen MR) is 158 cm³/mol. The number of nitrogens with one attached hydrogen (secondary N) is 1. The van der Waals surface area contributed by atoms with Crippen LogP contribution in [0.3, 0.4) is 0 Å². The monoisotopic (exact) mass is 612 g/mol. The number of hydrogen-bond acceptors (Lipinski definition) is 9. The van der Waals surface area contributed by atoms with Crippen LogP contribution in [0, 0.1) is 5.82 Å². The lowest BCUT2D eigenvalue weighted by atomic mass is 10.0. The number of rotatable bonds is 6. The van der Waals surface area contributed by atoms with Gasteiger partial charge in [-0.25, -0.2) is 19.0 Å². The molecule has 1 fully saturated rings. The van der Waals surface area contributed by atoms with Gasteiger partial charge in [0.2, 0.25) is 11.8 Å². The molecule has 4 aliphatic rings. The number of aromatic nitrogens is 1. The Labute approximate surface area is 252 Å². The molecule has 0 radical (unpaired) electrons. The van der Waals surface area contributed by atoms with Crippen LogP contribution in [0.2, 0.25) is 0 Å². The van der Waals surface area contributed by atoms with Crippen molar-refractivity contribution in [3.63, 3.8) is 0 Å². The molecule has 2 aromatic rings. The van der Waals surface area contributed by atoms with E-state index in [-0.39, 0.29) is 38.0 Å². The Morgan fingerprint density at radius 2 is 1.98 bits per heavy atom. The summed E-state index contributed by atoms with van der Waals surface area (Å²) in [5, 5.41) is 2.73. The Morgan fingerprint density at radius 1 is 1.19 bits per heavy atom. The number of carbonyl (C=O) groups excluding carboxylic acids is 4. The molecule has 0 aliphatic carbocycles. The van der Waals surface area contributed by atoms with Gasteiger partial charge in [-0.1, -0.05) is 0 Å². The van der Waals surface area contributed by atoms with Crippen LogP contribution in [0.25, 0.3) is 0 Å². The van der Waals surface area contributed by atoms with E-state index in [4.69, 9.17) is 9.47 Å². The van der Waals surface area contributed by atoms with Crippen molar-refractivity contribution in [2.24, 2.45) is 0 Å². The smallest absolute Gasteiger partial charge is 0.415 e. The van der Waals surface area contributed by atoms with Gasteiger partial charge in [-0.05, 0) is 57.9 Å². The second kappa shape index (κ2) is 10.9. The summed E-state index contributed by atoms with van der Waals surface area (Å²) in [6, 6.07) is 5.81. The number of carbonyl (C=O) groups is 4. The Bertz CT molecular complexity index is 1520. The number of pyridine rings is 1. The number of cyclic esters (lactones) is 1. The molecule has 1 saturated heterocycles. The van der Waals surface area contributed by atoms with Crippen LogP contribution in [0.1, 0.15) is 45.2 Å². The minimum atomic E-state index is -0.790. The zero-order valence-corrected chi connectivity index (χ0v) is 25.2. The van der Waals surface area contributed by atoms with Crippen LogP contribution < -0.4 is 20.0 Å². The number of benzene rings is 1. The SMILES string of the molecule is CN1CC(=O)N2C[C@H](N(CCC[C@@H]3CN(c4ccc5c(n4)NC(=O)CS5)C(=O)O3)C(=O)OC(C)(C)C)c3c(F)ccc1c32. The topological polar surface area (TPSA) is 125 Å². The van der Waals surface area contributed by atoms with Crippen LogP contribution >= 0.6 is 11.8 Å². The van der Waals surface area contributed by atoms with E-state index in [0.29, 0.717) is 41.5 Å². The third kappa shape index (κ3) is 5.55. The quantitative estimate of drug-likeness (QED) is 0.512. The summed E-state index contributed by atoms with van der Waals surface area (Å²) in [5.74, 6) is 0.293. The molecule has 1 aromatic carbocycles. The molecule has 1 N–H and O–H groups in total. The maximum Gasteiger partial charge on any atom is 0.415 e. The first-order valence-electron chi connectivity index (χ1n) is 14.1. The molecule has 0 unspecified atom stereocenters. The van der Waals surface area contributed by atoms with E-state index >= 15 is 4.39 Å². The van der Waals surface area contributed by atoms with E-state index in [1.165, 1.54) is 27.6 Å². The molecule has 1 aromatic heterocycles. The van der Waals surface area contributed by atoms with E-state index in [1.807, 2.05) is 6.07 Å². The van der Waals surface area contributed by atoms with Crippen molar-refractivity contribution in [1.82, 2.24) is 9.88 Å². The molecule has 0 spiro atoms. The standard InChI is InChI=1S/C29H33FN6O6S/c1-29(2,3)42-28(40)34(19-13-36-23(38)14-33(4)18-8-7-17(30)24(19)25(18)36)11-5-6-16-12-35(27(39)41-16)21-10-9-20-26(31-21)32-22(37)15-43-20/h7-10,16,19H,5-6,11-15H2,1-4H3,(H,31,32,37)/t16-,19+/m1/s1. The van der Waals surface area contributed by atoms with Gasteiger partial charge in [0.25, 0.3) is 0 Å². The molecule has 14 heteroatoms. The Morgan fingerprint density at radius 3 is 2.74 bits per heavy atom. The highest BCUT2D eigenvalue weighted by atomic mass is 32.2. The van der Waals surface area contributed by atoms with Gasteiger partial charge in [0.1, 0.15) is 29.2 Å². The summed E-state index contributed by atoms with van der Waals surface area (Å²) >= 11 is 1.38. The van der Waals surface area contributed by atoms with E-state index in [9.17, 15) is 19.2 Å². The number of likely N-dealkylation sites (N-methyl/N-ethyl adjacent to an activating group) is 1. The lowest BCUT2D eigenvalue weighted by molar-refractivity contribution is -0.117. The van der Waals surface area contributed by atoms with Crippen LogP contribution in [0.4, 0.5) is 37.0 Å². The van der Waals surface area contributed by atoms with E-state index in [2.05, 4.69) is 10.3 Å². The molecule has 4 amide bonds. The molecule has 12 nitrogen and oxygen atoms in total. The number of thioether (sulfide) groups is 1. The van der Waals surface area contributed by atoms with Gasteiger partial charge in [-0.15, -0.1) is 11.8 Å². The second-order valence-electron chi connectivity index (χ2n) is 12.0. The number of fused-ring (bicyclic) bond motifs is 1. The molecule has 2 atom stereocenters. The maximum atomic E-state index is 15.4. The number of amides is 4. The number of halogens is 1. The van der Waals surface area contributed by atoms with Gasteiger partial charge in [0.15, 0.2) is 0 Å². The first-order chi connectivity index (χ1) is 20.4. The molecule has 5 heterocycles. The highest BCUT2D eigenvalue weighted by molar-refractivity contribution is 8.00. The third-order valence-electron chi connectivity index (χ3n) is 7.73. The van der Waals surface area contributed by atoms with Crippen molar-refractivity contribution in [3.05, 3.63) is 35.6 Å². The third-order valence-corrected chi connectivity index (χ3v) is 8.77. The Balaban J connectivity index is 1.18. The lowest BCUT2D eigenvalue weighted by Gasteiger charge is -2.33. The van der Waals surface area contributed by atoms with Gasteiger partial charge in [-0.3, -0.25) is 19.4 Å². The first-order valence-corrected chi connectivity index (χ1v) is 15.1. The summed E-state index contributed by atoms with van der Waals surface area (Å²) in [6.45, 7) is 6.00. The fourth-order valence-electron chi connectivity index (χ4n) is 5.84. The molecular formula is C29H33FN6O6S. The van der Waals surface area contributed by atoms with Crippen molar-refractivity contribution in [1.29, 1.82) is 0 Å². The van der Waals surface area contributed by atoms with Crippen LogP contribution in [0.5, 0.6) is 0 Å². The first kappa shape index (κ1) is 29.0. The van der Waals surface area contributed by atoms with Gasteiger partial charge in [0, 0.05) is 19.2 Å². The molecule has 0 bridgehead atoms. The normalized spacial score (nSPS) is 21.0. The number of anilines is 4. The van der Waals surface area contributed by atoms with Crippen LogP contribution in [-0.2, 0) is 19.1 Å². The minimum absolute atomic E-state index is 0.125. The predicted octanol–water partition coefficient (Wildman–Crippen LogP) is 4.15. The molecule has 6 rings (SSSR count). The summed E-state index contributed by atoms with van der Waals surface area (Å²) < 4.78 is 26.7. The summed E-state index contributed by atoms with van der Waals surface area (Å²) in [7, 11) is 1.78. The van der Waals surface area contributed by atoms with Crippen molar-refractivity contribution in [3.8, 4) is 0 Å². The van der Waals surface area contributed by atoms with Crippen molar-refractivity contribution in [2.45, 2.75) is 56.3 Å². The summed E-state index contributed by atoms with van der Waals surface area (Å²) in [5.41, 5.74) is 0.729. The Hall–Kier alpha value is -4.07. The van der Waals surface area contributed by atoms with Crippen molar-refractivity contribution in [2.75, 3.05) is 59.0 Å². The fourth-order valence-corrected chi connectivity index (χ4v) is 6.59. The van der Waals surface area contributed by atoms with Gasteiger partial charge < -0.3 is 24.6 Å². The molecule has 228 valence electrons. The molecule has 0 saturated carbocycles. The average Bonchev–Trinajstić information content (AvgIpc) is 3.51. The van der Waals surface area contributed by atoms with Gasteiger partial charge >= 0.3 is 12.2 Å².